The summed E-state index contributed by atoms with van der Waals surface area (Å²) in [6.07, 6.45) is 0. The van der Waals surface area contributed by atoms with E-state index in [1.54, 1.807) is 12.1 Å². The van der Waals surface area contributed by atoms with Gasteiger partial charge in [0, 0.05) is 31.1 Å². The number of azide groups is 1. The van der Waals surface area contributed by atoms with Gasteiger partial charge in [-0.25, -0.2) is 0 Å². The molecule has 0 saturated carbocycles. The Kier molecular flexibility index (Phi) is 8.12. The van der Waals surface area contributed by atoms with Crippen LogP contribution in [-0.4, -0.2) is 43.9 Å². The van der Waals surface area contributed by atoms with Crippen LogP contribution in [0.15, 0.2) is 38.2 Å². The fourth-order valence-corrected chi connectivity index (χ4v) is 7.75. The molecule has 0 spiro atoms. The topological polar surface area (TPSA) is 102 Å². The van der Waals surface area contributed by atoms with Gasteiger partial charge in [-0.2, -0.15) is 8.42 Å². The van der Waals surface area contributed by atoms with Crippen LogP contribution in [0.5, 0.6) is 0 Å². The molecule has 1 aromatic carbocycles. The number of nitrogens with zero attached hydrogens (tertiary/aromatic N) is 6. The lowest BCUT2D eigenvalue weighted by Gasteiger charge is -2.38. The van der Waals surface area contributed by atoms with E-state index >= 15 is 0 Å². The summed E-state index contributed by atoms with van der Waals surface area (Å²) in [7, 11) is -7.06. The van der Waals surface area contributed by atoms with E-state index in [4.69, 9.17) is 5.53 Å². The first-order chi connectivity index (χ1) is 11.8. The molecular formula is C15H27N6O2PS. The van der Waals surface area contributed by atoms with Crippen molar-refractivity contribution in [2.75, 3.05) is 26.2 Å². The maximum absolute atomic E-state index is 12.9. The van der Waals surface area contributed by atoms with Crippen LogP contribution in [0.3, 0.4) is 0 Å². The molecule has 0 aliphatic carbocycles. The minimum Gasteiger partial charge on any atom is -0.253 e. The first-order valence-corrected chi connectivity index (χ1v) is 11.4. The van der Waals surface area contributed by atoms with Crippen LogP contribution in [0.25, 0.3) is 10.4 Å². The predicted molar refractivity (Wildman–Crippen MR) is 103 cm³/mol. The lowest BCUT2D eigenvalue weighted by Crippen LogP contribution is -2.31. The Bertz CT molecular complexity index is 748. The standard InChI is InChI=1S/C15H27N6O2PS/c1-6-20(7-2)24(18-17-16,21(8-3)9-4)19-25(22,23)15-12-10-14(5)11-13-15/h10-13H,6-9H2,1-5H3. The Morgan fingerprint density at radius 3 is 1.80 bits per heavy atom. The highest BCUT2D eigenvalue weighted by Gasteiger charge is 2.34. The number of benzene rings is 1. The maximum Gasteiger partial charge on any atom is 0.283 e. The third-order valence-electron chi connectivity index (χ3n) is 3.91. The molecule has 0 N–H and O–H groups in total. The predicted octanol–water partition coefficient (Wildman–Crippen LogP) is 4.62. The third kappa shape index (κ3) is 4.84. The van der Waals surface area contributed by atoms with Crippen LogP contribution < -0.4 is 0 Å². The van der Waals surface area contributed by atoms with Gasteiger partial charge in [-0.3, -0.25) is 9.34 Å². The molecule has 0 unspecified atom stereocenters. The van der Waals surface area contributed by atoms with Crippen molar-refractivity contribution in [2.45, 2.75) is 39.5 Å². The molecule has 0 aromatic heterocycles. The Hall–Kier alpha value is -1.37. The van der Waals surface area contributed by atoms with Gasteiger partial charge in [0.25, 0.3) is 10.0 Å². The van der Waals surface area contributed by atoms with Gasteiger partial charge in [0.2, 0.25) is 7.51 Å². The number of sulfonamides is 1. The molecule has 10 heteroatoms. The lowest BCUT2D eigenvalue weighted by atomic mass is 10.2. The second kappa shape index (κ2) is 9.36. The van der Waals surface area contributed by atoms with Crippen molar-refractivity contribution in [3.63, 3.8) is 0 Å². The minimum atomic E-state index is -3.96. The van der Waals surface area contributed by atoms with Crippen LogP contribution in [-0.2, 0) is 10.0 Å². The van der Waals surface area contributed by atoms with Crippen LogP contribution >= 0.6 is 7.51 Å². The van der Waals surface area contributed by atoms with E-state index in [1.165, 1.54) is 12.1 Å². The van der Waals surface area contributed by atoms with Crippen molar-refractivity contribution in [3.8, 4) is 0 Å². The number of hydrogen-bond acceptors (Lipinski definition) is 2. The number of rotatable bonds is 9. The zero-order valence-electron chi connectivity index (χ0n) is 15.5. The zero-order chi connectivity index (χ0) is 19.1. The highest BCUT2D eigenvalue weighted by Crippen LogP contribution is 2.59. The van der Waals surface area contributed by atoms with Gasteiger partial charge in [0.1, 0.15) is 0 Å². The van der Waals surface area contributed by atoms with Crippen molar-refractivity contribution in [1.82, 2.24) is 9.34 Å². The van der Waals surface area contributed by atoms with E-state index in [2.05, 4.69) is 13.9 Å². The molecule has 8 nitrogen and oxygen atoms in total. The van der Waals surface area contributed by atoms with Crippen LogP contribution in [0.1, 0.15) is 33.3 Å². The largest absolute Gasteiger partial charge is 0.283 e. The number of aryl methyl sites for hydroxylation is 1. The van der Waals surface area contributed by atoms with Crippen molar-refractivity contribution < 1.29 is 8.42 Å². The molecule has 0 amide bonds. The van der Waals surface area contributed by atoms with E-state index in [1.807, 2.05) is 44.0 Å². The van der Waals surface area contributed by atoms with Crippen LogP contribution in [0.2, 0.25) is 0 Å². The Morgan fingerprint density at radius 2 is 1.44 bits per heavy atom. The molecule has 0 saturated heterocycles. The summed E-state index contributed by atoms with van der Waals surface area (Å²) in [5, 5.41) is 0. The quantitative estimate of drug-likeness (QED) is 0.267. The van der Waals surface area contributed by atoms with E-state index < -0.39 is 17.5 Å². The Balaban J connectivity index is 3.77. The molecule has 0 aliphatic heterocycles. The molecule has 0 bridgehead atoms. The van der Waals surface area contributed by atoms with Crippen molar-refractivity contribution in [2.24, 2.45) is 9.04 Å². The summed E-state index contributed by atoms with van der Waals surface area (Å²) in [5.41, 5.74) is 10.1. The fraction of sp³-hybridized carbons (Fsp3) is 0.600. The molecule has 140 valence electrons. The molecule has 0 heterocycles. The summed E-state index contributed by atoms with van der Waals surface area (Å²) < 4.78 is 33.8. The molecule has 0 atom stereocenters. The van der Waals surface area contributed by atoms with Gasteiger partial charge in [0.05, 0.1) is 4.90 Å². The van der Waals surface area contributed by atoms with Gasteiger partial charge < -0.3 is 0 Å². The van der Waals surface area contributed by atoms with Gasteiger partial charge in [-0.1, -0.05) is 45.4 Å². The van der Waals surface area contributed by atoms with Gasteiger partial charge in [-0.05, 0) is 29.5 Å². The monoisotopic (exact) mass is 386 g/mol. The maximum atomic E-state index is 12.9. The average Bonchev–Trinajstić information content (AvgIpc) is 2.57. The van der Waals surface area contributed by atoms with E-state index in [0.717, 1.165) is 5.56 Å². The smallest absolute Gasteiger partial charge is 0.253 e. The number of hydrogen-bond donors (Lipinski definition) is 0. The summed E-state index contributed by atoms with van der Waals surface area (Å²) in [6, 6.07) is 6.52. The highest BCUT2D eigenvalue weighted by atomic mass is 32.2. The third-order valence-corrected chi connectivity index (χ3v) is 9.49. The normalized spacial score (nSPS) is 12.3. The minimum absolute atomic E-state index is 0.106. The summed E-state index contributed by atoms with van der Waals surface area (Å²) in [6.45, 7) is 11.6. The van der Waals surface area contributed by atoms with Gasteiger partial charge >= 0.3 is 0 Å². The van der Waals surface area contributed by atoms with Crippen LogP contribution in [0.4, 0.5) is 0 Å². The first-order valence-electron chi connectivity index (χ1n) is 8.33. The Morgan fingerprint density at radius 1 is 1.00 bits per heavy atom. The summed E-state index contributed by atoms with van der Waals surface area (Å²) >= 11 is 0. The molecule has 25 heavy (non-hydrogen) atoms. The van der Waals surface area contributed by atoms with Crippen LogP contribution in [0, 0.1) is 6.92 Å². The molecule has 0 aliphatic rings. The van der Waals surface area contributed by atoms with Gasteiger partial charge in [0.15, 0.2) is 0 Å². The van der Waals surface area contributed by atoms with Gasteiger partial charge in [-0.15, -0.1) is 4.15 Å². The fourth-order valence-electron chi connectivity index (χ4n) is 2.57. The Labute approximate surface area is 150 Å². The van der Waals surface area contributed by atoms with E-state index in [-0.39, 0.29) is 4.90 Å². The molecular weight excluding hydrogens is 359 g/mol. The summed E-state index contributed by atoms with van der Waals surface area (Å²) in [4.78, 5) is 7.04. The second-order valence-electron chi connectivity index (χ2n) is 5.36. The molecule has 0 fully saturated rings. The average molecular weight is 386 g/mol. The molecule has 0 radical (unpaired) electrons. The highest BCUT2D eigenvalue weighted by molar-refractivity contribution is 7.93. The van der Waals surface area contributed by atoms with Crippen molar-refractivity contribution in [3.05, 3.63) is 40.3 Å². The molecule has 1 aromatic rings. The lowest BCUT2D eigenvalue weighted by molar-refractivity contribution is 0.414. The zero-order valence-corrected chi connectivity index (χ0v) is 17.2. The van der Waals surface area contributed by atoms with Crippen molar-refractivity contribution in [1.29, 1.82) is 0 Å². The van der Waals surface area contributed by atoms with E-state index in [9.17, 15) is 8.42 Å². The summed E-state index contributed by atoms with van der Waals surface area (Å²) in [5.74, 6) is 0. The van der Waals surface area contributed by atoms with Crippen molar-refractivity contribution >= 4 is 17.5 Å². The molecule has 1 rings (SSSR count). The first kappa shape index (κ1) is 21.7. The second-order valence-corrected chi connectivity index (χ2v) is 9.82. The van der Waals surface area contributed by atoms with E-state index in [0.29, 0.717) is 26.2 Å². The SMILES string of the molecule is CCN(CC)P(N=[N+]=[N-])(=NS(=O)(=O)c1ccc(C)cc1)N(CC)CC.